The van der Waals surface area contributed by atoms with Crippen LogP contribution in [0.1, 0.15) is 31.2 Å². The Hall–Kier alpha value is -1.32. The number of rotatable bonds is 4. The first-order valence-electron chi connectivity index (χ1n) is 5.87. The van der Waals surface area contributed by atoms with E-state index in [1.807, 2.05) is 13.2 Å². The smallest absolute Gasteiger partial charge is 0.307 e. The topological polar surface area (TPSA) is 55.1 Å². The molecular formula is C12H18N2O2. The van der Waals surface area contributed by atoms with Crippen molar-refractivity contribution in [3.05, 3.63) is 18.0 Å². The van der Waals surface area contributed by atoms with Crippen molar-refractivity contribution in [2.24, 2.45) is 18.9 Å². The SMILES string of the molecule is Cn1cc(CC(C(=O)O)C2CCCC2)cn1. The summed E-state index contributed by atoms with van der Waals surface area (Å²) in [4.78, 5) is 11.3. The monoisotopic (exact) mass is 222 g/mol. The molecule has 4 heteroatoms. The minimum Gasteiger partial charge on any atom is -0.481 e. The van der Waals surface area contributed by atoms with Crippen molar-refractivity contribution in [2.75, 3.05) is 0 Å². The Morgan fingerprint density at radius 3 is 2.81 bits per heavy atom. The fourth-order valence-electron chi connectivity index (χ4n) is 2.65. The molecule has 1 heterocycles. The van der Waals surface area contributed by atoms with Crippen LogP contribution < -0.4 is 0 Å². The van der Waals surface area contributed by atoms with Crippen molar-refractivity contribution in [3.63, 3.8) is 0 Å². The van der Waals surface area contributed by atoms with Crippen LogP contribution >= 0.6 is 0 Å². The highest BCUT2D eigenvalue weighted by atomic mass is 16.4. The summed E-state index contributed by atoms with van der Waals surface area (Å²) in [5.74, 6) is -0.528. The summed E-state index contributed by atoms with van der Waals surface area (Å²) < 4.78 is 1.73. The molecule has 1 aromatic rings. The van der Waals surface area contributed by atoms with Crippen molar-refractivity contribution in [1.29, 1.82) is 0 Å². The van der Waals surface area contributed by atoms with E-state index in [2.05, 4.69) is 5.10 Å². The maximum atomic E-state index is 11.3. The van der Waals surface area contributed by atoms with Crippen LogP contribution in [0.4, 0.5) is 0 Å². The highest BCUT2D eigenvalue weighted by Crippen LogP contribution is 2.33. The first-order chi connectivity index (χ1) is 7.66. The maximum Gasteiger partial charge on any atom is 0.307 e. The number of aliphatic carboxylic acids is 1. The molecular weight excluding hydrogens is 204 g/mol. The van der Waals surface area contributed by atoms with E-state index in [1.54, 1.807) is 10.9 Å². The van der Waals surface area contributed by atoms with Gasteiger partial charge in [-0.25, -0.2) is 0 Å². The minimum atomic E-state index is -0.657. The third-order valence-corrected chi connectivity index (χ3v) is 3.50. The molecule has 1 N–H and O–H groups in total. The molecule has 1 atom stereocenters. The number of aryl methyl sites for hydroxylation is 1. The largest absolute Gasteiger partial charge is 0.481 e. The molecule has 2 rings (SSSR count). The molecule has 0 amide bonds. The van der Waals surface area contributed by atoms with E-state index in [0.717, 1.165) is 18.4 Å². The van der Waals surface area contributed by atoms with Crippen LogP contribution in [0.15, 0.2) is 12.4 Å². The molecule has 1 aliphatic rings. The van der Waals surface area contributed by atoms with Gasteiger partial charge in [0.15, 0.2) is 0 Å². The summed E-state index contributed by atoms with van der Waals surface area (Å²) in [6.45, 7) is 0. The molecule has 0 spiro atoms. The van der Waals surface area contributed by atoms with Gasteiger partial charge < -0.3 is 5.11 Å². The van der Waals surface area contributed by atoms with E-state index in [-0.39, 0.29) is 5.92 Å². The second kappa shape index (κ2) is 4.68. The quantitative estimate of drug-likeness (QED) is 0.845. The van der Waals surface area contributed by atoms with E-state index >= 15 is 0 Å². The van der Waals surface area contributed by atoms with Gasteiger partial charge >= 0.3 is 5.97 Å². The molecule has 4 nitrogen and oxygen atoms in total. The summed E-state index contributed by atoms with van der Waals surface area (Å²) in [6.07, 6.45) is 8.79. The lowest BCUT2D eigenvalue weighted by Gasteiger charge is -2.18. The molecule has 1 aliphatic carbocycles. The number of hydrogen-bond donors (Lipinski definition) is 1. The zero-order chi connectivity index (χ0) is 11.5. The minimum absolute atomic E-state index is 0.230. The molecule has 0 bridgehead atoms. The van der Waals surface area contributed by atoms with Crippen LogP contribution in [0.25, 0.3) is 0 Å². The average Bonchev–Trinajstić information content (AvgIpc) is 2.84. The number of carboxylic acids is 1. The molecule has 0 aliphatic heterocycles. The summed E-state index contributed by atoms with van der Waals surface area (Å²) in [5.41, 5.74) is 1.03. The Kier molecular flexibility index (Phi) is 3.27. The van der Waals surface area contributed by atoms with Crippen molar-refractivity contribution in [2.45, 2.75) is 32.1 Å². The van der Waals surface area contributed by atoms with E-state index < -0.39 is 5.97 Å². The van der Waals surface area contributed by atoms with Gasteiger partial charge in [0.1, 0.15) is 0 Å². The van der Waals surface area contributed by atoms with Gasteiger partial charge in [-0.1, -0.05) is 12.8 Å². The van der Waals surface area contributed by atoms with E-state index in [0.29, 0.717) is 12.3 Å². The van der Waals surface area contributed by atoms with Crippen LogP contribution in [-0.4, -0.2) is 20.9 Å². The number of nitrogens with zero attached hydrogens (tertiary/aromatic N) is 2. The van der Waals surface area contributed by atoms with Gasteiger partial charge in [0.2, 0.25) is 0 Å². The molecule has 1 aromatic heterocycles. The third-order valence-electron chi connectivity index (χ3n) is 3.50. The van der Waals surface area contributed by atoms with Crippen molar-refractivity contribution >= 4 is 5.97 Å². The average molecular weight is 222 g/mol. The second-order valence-electron chi connectivity index (χ2n) is 4.72. The number of carbonyl (C=O) groups is 1. The summed E-state index contributed by atoms with van der Waals surface area (Å²) in [5, 5.41) is 13.4. The summed E-state index contributed by atoms with van der Waals surface area (Å²) in [6, 6.07) is 0. The zero-order valence-electron chi connectivity index (χ0n) is 9.59. The Bertz CT molecular complexity index is 367. The fraction of sp³-hybridized carbons (Fsp3) is 0.667. The van der Waals surface area contributed by atoms with E-state index in [9.17, 15) is 9.90 Å². The van der Waals surface area contributed by atoms with Gasteiger partial charge in [0.25, 0.3) is 0 Å². The number of aromatic nitrogens is 2. The van der Waals surface area contributed by atoms with Gasteiger partial charge in [0.05, 0.1) is 12.1 Å². The van der Waals surface area contributed by atoms with Crippen LogP contribution in [0.5, 0.6) is 0 Å². The van der Waals surface area contributed by atoms with Gasteiger partial charge in [-0.2, -0.15) is 5.10 Å². The Morgan fingerprint density at radius 1 is 1.62 bits per heavy atom. The van der Waals surface area contributed by atoms with Gasteiger partial charge in [-0.15, -0.1) is 0 Å². The summed E-state index contributed by atoms with van der Waals surface area (Å²) in [7, 11) is 1.86. The molecule has 16 heavy (non-hydrogen) atoms. The lowest BCUT2D eigenvalue weighted by atomic mass is 9.86. The van der Waals surface area contributed by atoms with Crippen molar-refractivity contribution < 1.29 is 9.90 Å². The Balaban J connectivity index is 2.05. The summed E-state index contributed by atoms with van der Waals surface area (Å²) >= 11 is 0. The van der Waals surface area contributed by atoms with E-state index in [4.69, 9.17) is 0 Å². The molecule has 0 radical (unpaired) electrons. The highest BCUT2D eigenvalue weighted by molar-refractivity contribution is 5.70. The number of carboxylic acid groups (broad SMARTS) is 1. The number of hydrogen-bond acceptors (Lipinski definition) is 2. The van der Waals surface area contributed by atoms with Crippen LogP contribution in [-0.2, 0) is 18.3 Å². The van der Waals surface area contributed by atoms with Gasteiger partial charge in [0, 0.05) is 13.2 Å². The molecule has 1 saturated carbocycles. The van der Waals surface area contributed by atoms with Gasteiger partial charge in [-0.3, -0.25) is 9.48 Å². The maximum absolute atomic E-state index is 11.3. The van der Waals surface area contributed by atoms with Crippen molar-refractivity contribution in [1.82, 2.24) is 9.78 Å². The standard InChI is InChI=1S/C12H18N2O2/c1-14-8-9(7-13-14)6-11(12(15)16)10-4-2-3-5-10/h7-8,10-11H,2-6H2,1H3,(H,15,16). The molecule has 88 valence electrons. The van der Waals surface area contributed by atoms with Crippen LogP contribution in [0.3, 0.4) is 0 Å². The fourth-order valence-corrected chi connectivity index (χ4v) is 2.65. The zero-order valence-corrected chi connectivity index (χ0v) is 9.59. The van der Waals surface area contributed by atoms with Crippen LogP contribution in [0.2, 0.25) is 0 Å². The lowest BCUT2D eigenvalue weighted by molar-refractivity contribution is -0.143. The molecule has 0 saturated heterocycles. The lowest BCUT2D eigenvalue weighted by Crippen LogP contribution is -2.23. The van der Waals surface area contributed by atoms with Crippen molar-refractivity contribution in [3.8, 4) is 0 Å². The van der Waals surface area contributed by atoms with Crippen LogP contribution in [0, 0.1) is 11.8 Å². The Morgan fingerprint density at radius 2 is 2.31 bits per heavy atom. The second-order valence-corrected chi connectivity index (χ2v) is 4.72. The normalized spacial score (nSPS) is 18.8. The molecule has 1 fully saturated rings. The predicted octanol–water partition coefficient (Wildman–Crippen LogP) is 1.85. The highest BCUT2D eigenvalue weighted by Gasteiger charge is 2.30. The first-order valence-corrected chi connectivity index (χ1v) is 5.87. The Labute approximate surface area is 95.3 Å². The van der Waals surface area contributed by atoms with E-state index in [1.165, 1.54) is 12.8 Å². The molecule has 0 aromatic carbocycles. The first kappa shape index (κ1) is 11.2. The third kappa shape index (κ3) is 2.43. The predicted molar refractivity (Wildman–Crippen MR) is 60.0 cm³/mol. The molecule has 1 unspecified atom stereocenters. The van der Waals surface area contributed by atoms with Gasteiger partial charge in [-0.05, 0) is 30.7 Å².